The second-order valence-corrected chi connectivity index (χ2v) is 7.67. The van der Waals surface area contributed by atoms with Crippen molar-refractivity contribution in [3.63, 3.8) is 0 Å². The maximum atomic E-state index is 4.24. The average molecular weight is 265 g/mol. The third-order valence-corrected chi connectivity index (χ3v) is 3.86. The highest BCUT2D eigenvalue weighted by atomic mass is 15.0. The molecule has 0 rings (SSSR count). The number of hydrogen-bond donors (Lipinski definition) is 1. The van der Waals surface area contributed by atoms with E-state index in [0.29, 0.717) is 5.92 Å². The molecule has 0 aromatic carbocycles. The standard InChI is InChI=1S/C18H35N/c1-10-16(4)19-18(8,9)12-11-14(2)13-15(3)17(5,6)7/h14,19H,3-4,10-13H2,1-2,5-9H3. The van der Waals surface area contributed by atoms with Crippen LogP contribution in [0.1, 0.15) is 74.1 Å². The van der Waals surface area contributed by atoms with Crippen LogP contribution in [0.15, 0.2) is 24.4 Å². The summed E-state index contributed by atoms with van der Waals surface area (Å²) >= 11 is 0. The molecule has 0 fully saturated rings. The molecule has 0 aliphatic carbocycles. The zero-order chi connectivity index (χ0) is 15.3. The van der Waals surface area contributed by atoms with E-state index < -0.39 is 0 Å². The first-order valence-corrected chi connectivity index (χ1v) is 7.62. The van der Waals surface area contributed by atoms with Crippen LogP contribution in [0.4, 0.5) is 0 Å². The molecule has 0 aliphatic rings. The normalized spacial score (nSPS) is 14.1. The zero-order valence-electron chi connectivity index (χ0n) is 14.3. The smallest absolute Gasteiger partial charge is 0.0314 e. The SMILES string of the molecule is C=C(CC)NC(C)(C)CCC(C)CC(=C)C(C)(C)C. The average Bonchev–Trinajstić information content (AvgIpc) is 2.24. The van der Waals surface area contributed by atoms with E-state index in [1.807, 2.05) is 0 Å². The van der Waals surface area contributed by atoms with Crippen LogP contribution in [0.5, 0.6) is 0 Å². The Morgan fingerprint density at radius 2 is 1.63 bits per heavy atom. The minimum absolute atomic E-state index is 0.143. The molecule has 19 heavy (non-hydrogen) atoms. The first kappa shape index (κ1) is 18.3. The molecule has 0 amide bonds. The first-order chi connectivity index (χ1) is 8.48. The molecule has 0 spiro atoms. The topological polar surface area (TPSA) is 12.0 Å². The van der Waals surface area contributed by atoms with Crippen LogP contribution in [0.2, 0.25) is 0 Å². The summed E-state index contributed by atoms with van der Waals surface area (Å²) in [6, 6.07) is 0. The molecule has 0 aliphatic heterocycles. The van der Waals surface area contributed by atoms with Crippen molar-refractivity contribution in [1.29, 1.82) is 0 Å². The molecule has 1 unspecified atom stereocenters. The van der Waals surface area contributed by atoms with E-state index in [2.05, 4.69) is 66.9 Å². The minimum atomic E-state index is 0.143. The van der Waals surface area contributed by atoms with Crippen molar-refractivity contribution in [3.8, 4) is 0 Å². The van der Waals surface area contributed by atoms with Gasteiger partial charge in [0.25, 0.3) is 0 Å². The molecule has 0 saturated carbocycles. The van der Waals surface area contributed by atoms with Crippen molar-refractivity contribution in [1.82, 2.24) is 5.32 Å². The van der Waals surface area contributed by atoms with E-state index in [1.165, 1.54) is 18.4 Å². The molecule has 0 aromatic heterocycles. The highest BCUT2D eigenvalue weighted by molar-refractivity contribution is 5.06. The molecule has 0 saturated heterocycles. The second kappa shape index (κ2) is 7.17. The van der Waals surface area contributed by atoms with Crippen LogP contribution in [-0.4, -0.2) is 5.54 Å². The van der Waals surface area contributed by atoms with Gasteiger partial charge in [0.15, 0.2) is 0 Å². The van der Waals surface area contributed by atoms with Gasteiger partial charge in [0.2, 0.25) is 0 Å². The lowest BCUT2D eigenvalue weighted by molar-refractivity contribution is 0.338. The summed E-state index contributed by atoms with van der Waals surface area (Å²) in [6.07, 6.45) is 4.53. The molecule has 0 heterocycles. The van der Waals surface area contributed by atoms with Crippen molar-refractivity contribution < 1.29 is 0 Å². The summed E-state index contributed by atoms with van der Waals surface area (Å²) in [5, 5.41) is 3.53. The van der Waals surface area contributed by atoms with Gasteiger partial charge in [-0.1, -0.05) is 53.3 Å². The molecule has 1 heteroatoms. The molecule has 0 radical (unpaired) electrons. The highest BCUT2D eigenvalue weighted by Gasteiger charge is 2.21. The van der Waals surface area contributed by atoms with Crippen molar-refractivity contribution in [2.45, 2.75) is 79.7 Å². The molecule has 1 nitrogen and oxygen atoms in total. The predicted octanol–water partition coefficient (Wildman–Crippen LogP) is 5.69. The summed E-state index contributed by atoms with van der Waals surface area (Å²) in [6.45, 7) is 24.0. The fraction of sp³-hybridized carbons (Fsp3) is 0.778. The van der Waals surface area contributed by atoms with Gasteiger partial charge in [-0.05, 0) is 50.9 Å². The lowest BCUT2D eigenvalue weighted by Crippen LogP contribution is -2.38. The van der Waals surface area contributed by atoms with Crippen molar-refractivity contribution >= 4 is 0 Å². The van der Waals surface area contributed by atoms with Gasteiger partial charge >= 0.3 is 0 Å². The van der Waals surface area contributed by atoms with E-state index >= 15 is 0 Å². The maximum Gasteiger partial charge on any atom is 0.0314 e. The van der Waals surface area contributed by atoms with E-state index in [1.54, 1.807) is 0 Å². The van der Waals surface area contributed by atoms with Gasteiger partial charge in [-0.15, -0.1) is 0 Å². The molecule has 112 valence electrons. The van der Waals surface area contributed by atoms with Gasteiger partial charge in [0.05, 0.1) is 0 Å². The Labute approximate surface area is 121 Å². The number of hydrogen-bond acceptors (Lipinski definition) is 1. The highest BCUT2D eigenvalue weighted by Crippen LogP contribution is 2.31. The van der Waals surface area contributed by atoms with Crippen LogP contribution in [0.3, 0.4) is 0 Å². The number of nitrogens with one attached hydrogen (secondary N) is 1. The Morgan fingerprint density at radius 3 is 2.05 bits per heavy atom. The van der Waals surface area contributed by atoms with Gasteiger partial charge in [0, 0.05) is 11.2 Å². The Bertz CT molecular complexity index is 304. The van der Waals surface area contributed by atoms with E-state index in [-0.39, 0.29) is 11.0 Å². The van der Waals surface area contributed by atoms with Gasteiger partial charge in [-0.3, -0.25) is 0 Å². The van der Waals surface area contributed by atoms with E-state index in [9.17, 15) is 0 Å². The minimum Gasteiger partial charge on any atom is -0.384 e. The number of rotatable bonds is 8. The van der Waals surface area contributed by atoms with Gasteiger partial charge in [-0.2, -0.15) is 0 Å². The van der Waals surface area contributed by atoms with Crippen LogP contribution >= 0.6 is 0 Å². The van der Waals surface area contributed by atoms with Gasteiger partial charge in [0.1, 0.15) is 0 Å². The summed E-state index contributed by atoms with van der Waals surface area (Å²) < 4.78 is 0. The Hall–Kier alpha value is -0.720. The third-order valence-electron chi connectivity index (χ3n) is 3.86. The second-order valence-electron chi connectivity index (χ2n) is 7.67. The Kier molecular flexibility index (Phi) is 6.89. The Morgan fingerprint density at radius 1 is 1.11 bits per heavy atom. The molecular formula is C18H35N. The van der Waals surface area contributed by atoms with Crippen LogP contribution in [0, 0.1) is 11.3 Å². The van der Waals surface area contributed by atoms with E-state index in [0.717, 1.165) is 18.5 Å². The first-order valence-electron chi connectivity index (χ1n) is 7.62. The van der Waals surface area contributed by atoms with E-state index in [4.69, 9.17) is 0 Å². The molecule has 0 aromatic rings. The fourth-order valence-corrected chi connectivity index (χ4v) is 2.07. The summed E-state index contributed by atoms with van der Waals surface area (Å²) in [4.78, 5) is 0. The fourth-order valence-electron chi connectivity index (χ4n) is 2.07. The van der Waals surface area contributed by atoms with Crippen molar-refractivity contribution in [2.24, 2.45) is 11.3 Å². The largest absolute Gasteiger partial charge is 0.384 e. The summed E-state index contributed by atoms with van der Waals surface area (Å²) in [7, 11) is 0. The zero-order valence-corrected chi connectivity index (χ0v) is 14.3. The maximum absolute atomic E-state index is 4.24. The predicted molar refractivity (Wildman–Crippen MR) is 88.3 cm³/mol. The number of allylic oxidation sites excluding steroid dienone is 2. The van der Waals surface area contributed by atoms with Crippen molar-refractivity contribution in [3.05, 3.63) is 24.4 Å². The molecule has 1 atom stereocenters. The van der Waals surface area contributed by atoms with Crippen LogP contribution in [-0.2, 0) is 0 Å². The molecular weight excluding hydrogens is 230 g/mol. The van der Waals surface area contributed by atoms with Crippen LogP contribution in [0.25, 0.3) is 0 Å². The lowest BCUT2D eigenvalue weighted by Gasteiger charge is -2.31. The Balaban J connectivity index is 4.19. The van der Waals surface area contributed by atoms with Crippen LogP contribution < -0.4 is 5.32 Å². The quantitative estimate of drug-likeness (QED) is 0.556. The summed E-state index contributed by atoms with van der Waals surface area (Å²) in [5.74, 6) is 0.697. The lowest BCUT2D eigenvalue weighted by atomic mass is 9.80. The third kappa shape index (κ3) is 8.13. The molecule has 0 bridgehead atoms. The molecule has 1 N–H and O–H groups in total. The summed E-state index contributed by atoms with van der Waals surface area (Å²) in [5.41, 5.74) is 2.88. The van der Waals surface area contributed by atoms with Gasteiger partial charge in [-0.25, -0.2) is 0 Å². The van der Waals surface area contributed by atoms with Crippen molar-refractivity contribution in [2.75, 3.05) is 0 Å². The monoisotopic (exact) mass is 265 g/mol. The van der Waals surface area contributed by atoms with Gasteiger partial charge < -0.3 is 5.32 Å².